The summed E-state index contributed by atoms with van der Waals surface area (Å²) in [6.45, 7) is 2.18. The van der Waals surface area contributed by atoms with Gasteiger partial charge in [0.2, 0.25) is 0 Å². The predicted molar refractivity (Wildman–Crippen MR) is 121 cm³/mol. The van der Waals surface area contributed by atoms with Crippen LogP contribution in [-0.2, 0) is 0 Å². The van der Waals surface area contributed by atoms with Gasteiger partial charge in [0.1, 0.15) is 11.1 Å². The fourth-order valence-corrected chi connectivity index (χ4v) is 7.35. The number of oxazole rings is 1. The summed E-state index contributed by atoms with van der Waals surface area (Å²) in [5, 5.41) is 22.2. The Balaban J connectivity index is 1.38. The summed E-state index contributed by atoms with van der Waals surface area (Å²) in [6.07, 6.45) is 8.58. The second kappa shape index (κ2) is 6.67. The second-order valence-corrected chi connectivity index (χ2v) is 10.7. The number of nitrogen functional groups attached to an aromatic ring is 1. The van der Waals surface area contributed by atoms with Crippen LogP contribution in [0.25, 0.3) is 16.7 Å². The molecule has 170 valence electrons. The minimum absolute atomic E-state index is 0.147. The number of allylic oxidation sites excluding steroid dienone is 2. The Kier molecular flexibility index (Phi) is 4.26. The first kappa shape index (κ1) is 20.4. The third-order valence-corrected chi connectivity index (χ3v) is 9.09. The maximum absolute atomic E-state index is 16.6. The molecule has 32 heavy (non-hydrogen) atoms. The Hall–Kier alpha value is -2.18. The first-order chi connectivity index (χ1) is 15.2. The Bertz CT molecular complexity index is 1160. The molecule has 1 aromatic heterocycles. The van der Waals surface area contributed by atoms with E-state index in [0.717, 1.165) is 36.0 Å². The number of nitrogens with zero attached hydrogens (tertiary/aromatic N) is 1. The van der Waals surface area contributed by atoms with Gasteiger partial charge in [-0.1, -0.05) is 24.6 Å². The number of fused-ring (bicyclic) bond motifs is 5. The monoisotopic (exact) mass is 438 g/mol. The number of aromatic nitrogens is 1. The van der Waals surface area contributed by atoms with Crippen LogP contribution in [0.15, 0.2) is 40.3 Å². The Morgan fingerprint density at radius 2 is 2.03 bits per heavy atom. The topological polar surface area (TPSA) is 92.5 Å². The highest BCUT2D eigenvalue weighted by atomic mass is 19.1. The quantitative estimate of drug-likeness (QED) is 0.549. The number of benzene rings is 1. The molecule has 2 fully saturated rings. The molecular formula is C26H31FN2O3. The number of anilines is 1. The van der Waals surface area contributed by atoms with Crippen LogP contribution < -0.4 is 5.73 Å². The average Bonchev–Trinajstić information content (AvgIpc) is 3.26. The lowest BCUT2D eigenvalue weighted by Crippen LogP contribution is -2.61. The molecular weight excluding hydrogens is 407 g/mol. The zero-order valence-corrected chi connectivity index (χ0v) is 18.5. The van der Waals surface area contributed by atoms with Crippen molar-refractivity contribution in [3.63, 3.8) is 0 Å². The summed E-state index contributed by atoms with van der Waals surface area (Å²) in [5.74, 6) is 0.0875. The van der Waals surface area contributed by atoms with Crippen molar-refractivity contribution in [2.24, 2.45) is 17.3 Å². The van der Waals surface area contributed by atoms with Gasteiger partial charge in [0.25, 0.3) is 6.01 Å². The van der Waals surface area contributed by atoms with Gasteiger partial charge in [0, 0.05) is 5.92 Å². The highest BCUT2D eigenvalue weighted by Crippen LogP contribution is 2.65. The summed E-state index contributed by atoms with van der Waals surface area (Å²) in [4.78, 5) is 4.27. The van der Waals surface area contributed by atoms with Gasteiger partial charge in [-0.15, -0.1) is 0 Å². The van der Waals surface area contributed by atoms with Crippen LogP contribution >= 0.6 is 0 Å². The highest BCUT2D eigenvalue weighted by Gasteiger charge is 2.65. The summed E-state index contributed by atoms with van der Waals surface area (Å²) in [5.41, 5.74) is 6.82. The zero-order valence-electron chi connectivity index (χ0n) is 18.5. The minimum atomic E-state index is -1.74. The van der Waals surface area contributed by atoms with Crippen molar-refractivity contribution in [2.45, 2.75) is 75.7 Å². The van der Waals surface area contributed by atoms with Gasteiger partial charge in [0.05, 0.1) is 6.10 Å². The third-order valence-electron chi connectivity index (χ3n) is 9.09. The van der Waals surface area contributed by atoms with Crippen LogP contribution in [0.3, 0.4) is 0 Å². The normalized spacial score (nSPS) is 41.3. The van der Waals surface area contributed by atoms with E-state index in [2.05, 4.69) is 18.0 Å². The van der Waals surface area contributed by atoms with E-state index >= 15 is 4.39 Å². The third kappa shape index (κ3) is 2.72. The van der Waals surface area contributed by atoms with Gasteiger partial charge < -0.3 is 20.4 Å². The van der Waals surface area contributed by atoms with Gasteiger partial charge in [0.15, 0.2) is 11.3 Å². The number of rotatable bonds is 1. The van der Waals surface area contributed by atoms with Crippen LogP contribution in [0.5, 0.6) is 0 Å². The number of aliphatic hydroxyl groups is 2. The van der Waals surface area contributed by atoms with E-state index in [0.29, 0.717) is 43.2 Å². The van der Waals surface area contributed by atoms with E-state index in [-0.39, 0.29) is 29.4 Å². The molecule has 0 aliphatic heterocycles. The molecule has 2 aromatic rings. The molecule has 2 saturated carbocycles. The molecule has 4 N–H and O–H groups in total. The molecule has 1 heterocycles. The highest BCUT2D eigenvalue weighted by molar-refractivity contribution is 5.82. The van der Waals surface area contributed by atoms with Crippen LogP contribution in [0, 0.1) is 17.3 Å². The van der Waals surface area contributed by atoms with E-state index in [1.165, 1.54) is 0 Å². The van der Waals surface area contributed by atoms with Crippen LogP contribution in [0.1, 0.15) is 63.9 Å². The Morgan fingerprint density at radius 1 is 1.19 bits per heavy atom. The SMILES string of the molecule is CC12CCC3(F)C=C4CC(O)CCC4CC[C@]3(O)C1CC=C2c1ccc2oc(N)nc2c1. The van der Waals surface area contributed by atoms with Crippen LogP contribution in [-0.4, -0.2) is 32.6 Å². The fourth-order valence-electron chi connectivity index (χ4n) is 7.35. The average molecular weight is 439 g/mol. The molecule has 6 rings (SSSR count). The van der Waals surface area contributed by atoms with E-state index in [9.17, 15) is 10.2 Å². The maximum atomic E-state index is 16.6. The molecule has 6 atom stereocenters. The summed E-state index contributed by atoms with van der Waals surface area (Å²) in [6, 6.07) is 6.03. The lowest BCUT2D eigenvalue weighted by atomic mass is 9.53. The summed E-state index contributed by atoms with van der Waals surface area (Å²) >= 11 is 0. The molecule has 5 nitrogen and oxygen atoms in total. The van der Waals surface area contributed by atoms with Gasteiger partial charge >= 0.3 is 0 Å². The zero-order chi connectivity index (χ0) is 22.3. The van der Waals surface area contributed by atoms with E-state index in [1.54, 1.807) is 6.08 Å². The maximum Gasteiger partial charge on any atom is 0.292 e. The smallest absolute Gasteiger partial charge is 0.292 e. The predicted octanol–water partition coefficient (Wildman–Crippen LogP) is 4.93. The van der Waals surface area contributed by atoms with Crippen molar-refractivity contribution in [1.29, 1.82) is 0 Å². The molecule has 6 heteroatoms. The standard InChI is InChI=1S/C26H31FN2O3/c1-24-10-11-25(27)14-17-12-18(30)4-2-15(17)8-9-26(25,31)22(24)7-5-19(24)16-3-6-21-20(13-16)29-23(28)32-21/h3,5-6,13-15,18,22,30-31H,2,4,7-12H2,1H3,(H2,28,29)/t15?,18?,22?,24?,25?,26-/m0/s1. The number of halogens is 1. The first-order valence-electron chi connectivity index (χ1n) is 11.9. The van der Waals surface area contributed by atoms with E-state index in [1.807, 2.05) is 18.2 Å². The molecule has 0 amide bonds. The molecule has 0 saturated heterocycles. The Labute approximate surface area is 187 Å². The number of hydrogen-bond acceptors (Lipinski definition) is 5. The fraction of sp³-hybridized carbons (Fsp3) is 0.577. The number of aliphatic hydroxyl groups excluding tert-OH is 1. The molecule has 1 aromatic carbocycles. The molecule has 0 radical (unpaired) electrons. The lowest BCUT2D eigenvalue weighted by Gasteiger charge is -2.55. The van der Waals surface area contributed by atoms with Gasteiger partial charge in [-0.3, -0.25) is 0 Å². The van der Waals surface area contributed by atoms with Crippen molar-refractivity contribution in [3.8, 4) is 0 Å². The summed E-state index contributed by atoms with van der Waals surface area (Å²) in [7, 11) is 0. The first-order valence-corrected chi connectivity index (χ1v) is 11.9. The van der Waals surface area contributed by atoms with Crippen molar-refractivity contribution in [3.05, 3.63) is 41.5 Å². The van der Waals surface area contributed by atoms with Crippen LogP contribution in [0.2, 0.25) is 0 Å². The minimum Gasteiger partial charge on any atom is -0.424 e. The molecule has 0 bridgehead atoms. The molecule has 4 aliphatic rings. The lowest BCUT2D eigenvalue weighted by molar-refractivity contribution is -0.172. The van der Waals surface area contributed by atoms with E-state index < -0.39 is 11.3 Å². The van der Waals surface area contributed by atoms with Gasteiger partial charge in [-0.2, -0.15) is 4.98 Å². The van der Waals surface area contributed by atoms with Crippen molar-refractivity contribution in [1.82, 2.24) is 4.98 Å². The van der Waals surface area contributed by atoms with E-state index in [4.69, 9.17) is 10.2 Å². The van der Waals surface area contributed by atoms with Gasteiger partial charge in [-0.05, 0) is 92.0 Å². The van der Waals surface area contributed by atoms with Crippen molar-refractivity contribution >= 4 is 22.7 Å². The summed E-state index contributed by atoms with van der Waals surface area (Å²) < 4.78 is 22.1. The van der Waals surface area contributed by atoms with Crippen molar-refractivity contribution < 1.29 is 19.0 Å². The molecule has 4 aliphatic carbocycles. The second-order valence-electron chi connectivity index (χ2n) is 10.7. The number of alkyl halides is 1. The molecule has 0 spiro atoms. The number of hydrogen-bond donors (Lipinski definition) is 3. The largest absolute Gasteiger partial charge is 0.424 e. The Morgan fingerprint density at radius 3 is 2.88 bits per heavy atom. The van der Waals surface area contributed by atoms with Crippen molar-refractivity contribution in [2.75, 3.05) is 5.73 Å². The molecule has 5 unspecified atom stereocenters. The van der Waals surface area contributed by atoms with Gasteiger partial charge in [-0.25, -0.2) is 4.39 Å². The number of nitrogens with two attached hydrogens (primary N) is 1. The van der Waals surface area contributed by atoms with Crippen LogP contribution in [0.4, 0.5) is 10.4 Å².